The molecule has 1 amide bonds. The number of nitrogens with zero attached hydrogens (tertiary/aromatic N) is 3. The average molecular weight is 315 g/mol. The van der Waals surface area contributed by atoms with Crippen LogP contribution in [0.4, 0.5) is 0 Å². The van der Waals surface area contributed by atoms with Gasteiger partial charge in [-0.25, -0.2) is 4.68 Å². The van der Waals surface area contributed by atoms with Crippen LogP contribution in [-0.2, 0) is 4.79 Å². The first-order valence-corrected chi connectivity index (χ1v) is 7.42. The average Bonchev–Trinajstić information content (AvgIpc) is 2.97. The SMILES string of the molecule is O=C(O)C1CCCN(C(=O)c2nn(-c3ccccc3)cc2O)C1. The number of aromatic nitrogens is 2. The Labute approximate surface area is 132 Å². The number of carboxylic acid groups (broad SMARTS) is 1. The standard InChI is InChI=1S/C16H17N3O4/c20-13-10-19(12-6-2-1-3-7-12)17-14(13)15(21)18-8-4-5-11(9-18)16(22)23/h1-3,6-7,10-11,20H,4-5,8-9H2,(H,22,23). The number of aliphatic carboxylic acids is 1. The van der Waals surface area contributed by atoms with Crippen LogP contribution in [0.25, 0.3) is 5.69 Å². The Balaban J connectivity index is 1.83. The topological polar surface area (TPSA) is 95.7 Å². The smallest absolute Gasteiger partial charge is 0.308 e. The molecule has 2 heterocycles. The lowest BCUT2D eigenvalue weighted by Gasteiger charge is -2.30. The largest absolute Gasteiger partial charge is 0.504 e. The number of carbonyl (C=O) groups is 2. The summed E-state index contributed by atoms with van der Waals surface area (Å²) in [4.78, 5) is 25.1. The van der Waals surface area contributed by atoms with Crippen molar-refractivity contribution in [3.63, 3.8) is 0 Å². The van der Waals surface area contributed by atoms with Gasteiger partial charge in [0.1, 0.15) is 0 Å². The first-order chi connectivity index (χ1) is 11.1. The van der Waals surface area contributed by atoms with Gasteiger partial charge in [0.15, 0.2) is 11.4 Å². The van der Waals surface area contributed by atoms with E-state index in [4.69, 9.17) is 5.11 Å². The Morgan fingerprint density at radius 2 is 1.96 bits per heavy atom. The molecule has 23 heavy (non-hydrogen) atoms. The maximum atomic E-state index is 12.5. The van der Waals surface area contributed by atoms with Crippen molar-refractivity contribution in [3.05, 3.63) is 42.2 Å². The number of rotatable bonds is 3. The van der Waals surface area contributed by atoms with Crippen LogP contribution in [-0.4, -0.2) is 49.9 Å². The van der Waals surface area contributed by atoms with E-state index in [9.17, 15) is 14.7 Å². The van der Waals surface area contributed by atoms with Gasteiger partial charge >= 0.3 is 5.97 Å². The minimum Gasteiger partial charge on any atom is -0.504 e. The number of carbonyl (C=O) groups excluding carboxylic acids is 1. The van der Waals surface area contributed by atoms with Crippen LogP contribution in [0, 0.1) is 5.92 Å². The van der Waals surface area contributed by atoms with E-state index < -0.39 is 17.8 Å². The summed E-state index contributed by atoms with van der Waals surface area (Å²) in [5.74, 6) is -2.12. The molecule has 1 unspecified atom stereocenters. The quantitative estimate of drug-likeness (QED) is 0.895. The van der Waals surface area contributed by atoms with E-state index in [1.54, 1.807) is 0 Å². The minimum atomic E-state index is -0.901. The third-order valence-electron chi connectivity index (χ3n) is 3.98. The number of benzene rings is 1. The number of amides is 1. The third-order valence-corrected chi connectivity index (χ3v) is 3.98. The molecule has 2 N–H and O–H groups in total. The molecule has 2 aromatic rings. The van der Waals surface area contributed by atoms with E-state index in [2.05, 4.69) is 5.10 Å². The van der Waals surface area contributed by atoms with Crippen molar-refractivity contribution in [3.8, 4) is 11.4 Å². The van der Waals surface area contributed by atoms with Gasteiger partial charge in [-0.05, 0) is 25.0 Å². The highest BCUT2D eigenvalue weighted by Gasteiger charge is 2.31. The second-order valence-electron chi connectivity index (χ2n) is 5.57. The molecule has 1 saturated heterocycles. The van der Waals surface area contributed by atoms with Crippen LogP contribution < -0.4 is 0 Å². The molecule has 3 rings (SSSR count). The van der Waals surface area contributed by atoms with E-state index in [1.165, 1.54) is 15.8 Å². The summed E-state index contributed by atoms with van der Waals surface area (Å²) in [6.45, 7) is 0.617. The van der Waals surface area contributed by atoms with Crippen molar-refractivity contribution in [1.29, 1.82) is 0 Å². The molecule has 1 fully saturated rings. The molecule has 1 aliphatic rings. The van der Waals surface area contributed by atoms with Crippen molar-refractivity contribution in [2.75, 3.05) is 13.1 Å². The molecule has 0 spiro atoms. The van der Waals surface area contributed by atoms with Crippen molar-refractivity contribution in [1.82, 2.24) is 14.7 Å². The van der Waals surface area contributed by atoms with Gasteiger partial charge in [0.2, 0.25) is 0 Å². The molecule has 0 radical (unpaired) electrons. The predicted octanol–water partition coefficient (Wildman–Crippen LogP) is 1.51. The number of para-hydroxylation sites is 1. The van der Waals surface area contributed by atoms with E-state index in [0.717, 1.165) is 5.69 Å². The lowest BCUT2D eigenvalue weighted by molar-refractivity contribution is -0.143. The highest BCUT2D eigenvalue weighted by Crippen LogP contribution is 2.23. The molecule has 7 nitrogen and oxygen atoms in total. The number of aromatic hydroxyl groups is 1. The maximum Gasteiger partial charge on any atom is 0.308 e. The molecular formula is C16H17N3O4. The van der Waals surface area contributed by atoms with Crippen molar-refractivity contribution >= 4 is 11.9 Å². The fourth-order valence-corrected chi connectivity index (χ4v) is 2.74. The Hall–Kier alpha value is -2.83. The third kappa shape index (κ3) is 3.03. The fraction of sp³-hybridized carbons (Fsp3) is 0.312. The fourth-order valence-electron chi connectivity index (χ4n) is 2.74. The van der Waals surface area contributed by atoms with E-state index >= 15 is 0 Å². The summed E-state index contributed by atoms with van der Waals surface area (Å²) < 4.78 is 1.43. The summed E-state index contributed by atoms with van der Waals surface area (Å²) >= 11 is 0. The maximum absolute atomic E-state index is 12.5. The van der Waals surface area contributed by atoms with Crippen LogP contribution >= 0.6 is 0 Å². The number of carboxylic acids is 1. The molecule has 1 atom stereocenters. The van der Waals surface area contributed by atoms with E-state index in [0.29, 0.717) is 19.4 Å². The van der Waals surface area contributed by atoms with Crippen LogP contribution in [0.5, 0.6) is 5.75 Å². The number of piperidine rings is 1. The summed E-state index contributed by atoms with van der Waals surface area (Å²) in [6.07, 6.45) is 2.56. The predicted molar refractivity (Wildman–Crippen MR) is 81.5 cm³/mol. The van der Waals surface area contributed by atoms with Gasteiger partial charge in [0.25, 0.3) is 5.91 Å². The van der Waals surface area contributed by atoms with Crippen LogP contribution in [0.2, 0.25) is 0 Å². The Bertz CT molecular complexity index is 726. The van der Waals surface area contributed by atoms with Crippen molar-refractivity contribution in [2.24, 2.45) is 5.92 Å². The van der Waals surface area contributed by atoms with Gasteiger partial charge in [0.05, 0.1) is 17.8 Å². The van der Waals surface area contributed by atoms with E-state index in [-0.39, 0.29) is 18.0 Å². The first kappa shape index (κ1) is 15.1. The number of hydrogen-bond donors (Lipinski definition) is 2. The zero-order valence-corrected chi connectivity index (χ0v) is 12.4. The van der Waals surface area contributed by atoms with Gasteiger partial charge in [-0.15, -0.1) is 0 Å². The van der Waals surface area contributed by atoms with Crippen LogP contribution in [0.1, 0.15) is 23.3 Å². The van der Waals surface area contributed by atoms with Crippen LogP contribution in [0.3, 0.4) is 0 Å². The van der Waals surface area contributed by atoms with Crippen LogP contribution in [0.15, 0.2) is 36.5 Å². The summed E-state index contributed by atoms with van der Waals surface area (Å²) in [6, 6.07) is 9.14. The Kier molecular flexibility index (Phi) is 4.01. The minimum absolute atomic E-state index is 0.0557. The molecule has 0 saturated carbocycles. The molecule has 0 aliphatic carbocycles. The summed E-state index contributed by atoms with van der Waals surface area (Å²) in [5, 5.41) is 23.3. The highest BCUT2D eigenvalue weighted by molar-refractivity contribution is 5.95. The monoisotopic (exact) mass is 315 g/mol. The van der Waals surface area contributed by atoms with Crippen molar-refractivity contribution < 1.29 is 19.8 Å². The molecule has 120 valence electrons. The second-order valence-corrected chi connectivity index (χ2v) is 5.57. The summed E-state index contributed by atoms with van der Waals surface area (Å²) in [7, 11) is 0. The normalized spacial score (nSPS) is 17.9. The Morgan fingerprint density at radius 3 is 2.65 bits per heavy atom. The lowest BCUT2D eigenvalue weighted by Crippen LogP contribution is -2.42. The number of likely N-dealkylation sites (tertiary alicyclic amines) is 1. The first-order valence-electron chi connectivity index (χ1n) is 7.42. The molecule has 1 aromatic heterocycles. The Morgan fingerprint density at radius 1 is 1.22 bits per heavy atom. The van der Waals surface area contributed by atoms with Crippen molar-refractivity contribution in [2.45, 2.75) is 12.8 Å². The second kappa shape index (κ2) is 6.12. The zero-order chi connectivity index (χ0) is 16.4. The molecular weight excluding hydrogens is 298 g/mol. The van der Waals surface area contributed by atoms with Gasteiger partial charge in [-0.3, -0.25) is 9.59 Å². The molecule has 7 heteroatoms. The van der Waals surface area contributed by atoms with Gasteiger partial charge in [-0.2, -0.15) is 5.10 Å². The lowest BCUT2D eigenvalue weighted by atomic mass is 9.98. The molecule has 0 bridgehead atoms. The molecule has 1 aromatic carbocycles. The van der Waals surface area contributed by atoms with E-state index in [1.807, 2.05) is 30.3 Å². The summed E-state index contributed by atoms with van der Waals surface area (Å²) in [5.41, 5.74) is 0.670. The van der Waals surface area contributed by atoms with Gasteiger partial charge < -0.3 is 15.1 Å². The van der Waals surface area contributed by atoms with Gasteiger partial charge in [-0.1, -0.05) is 18.2 Å². The number of hydrogen-bond acceptors (Lipinski definition) is 4. The zero-order valence-electron chi connectivity index (χ0n) is 12.4. The van der Waals surface area contributed by atoms with Gasteiger partial charge in [0, 0.05) is 13.1 Å². The highest BCUT2D eigenvalue weighted by atomic mass is 16.4. The molecule has 1 aliphatic heterocycles.